The summed E-state index contributed by atoms with van der Waals surface area (Å²) in [5.74, 6) is 0.574. The second kappa shape index (κ2) is 9.03. The van der Waals surface area contributed by atoms with Crippen LogP contribution in [0, 0.1) is 0 Å². The Balaban J connectivity index is 1.88. The summed E-state index contributed by atoms with van der Waals surface area (Å²) in [6.07, 6.45) is 1.60. The lowest BCUT2D eigenvalue weighted by Gasteiger charge is -2.26. The third-order valence-corrected chi connectivity index (χ3v) is 6.16. The minimum absolute atomic E-state index is 0.0353. The van der Waals surface area contributed by atoms with Gasteiger partial charge in [0.05, 0.1) is 18.9 Å². The van der Waals surface area contributed by atoms with Gasteiger partial charge in [0, 0.05) is 45.0 Å². The maximum atomic E-state index is 13.6. The Kier molecular flexibility index (Phi) is 6.34. The van der Waals surface area contributed by atoms with E-state index in [1.54, 1.807) is 7.05 Å². The van der Waals surface area contributed by atoms with Crippen molar-refractivity contribution < 1.29 is 4.74 Å². The number of morpholine rings is 1. The summed E-state index contributed by atoms with van der Waals surface area (Å²) in [5.41, 5.74) is 2.18. The maximum absolute atomic E-state index is 13.6. The second-order valence-electron chi connectivity index (χ2n) is 8.55. The van der Waals surface area contributed by atoms with Gasteiger partial charge in [-0.3, -0.25) is 23.4 Å². The van der Waals surface area contributed by atoms with E-state index in [4.69, 9.17) is 14.8 Å². The summed E-state index contributed by atoms with van der Waals surface area (Å²) in [7, 11) is 1.68. The van der Waals surface area contributed by atoms with Crippen LogP contribution in [-0.2, 0) is 31.2 Å². The van der Waals surface area contributed by atoms with Gasteiger partial charge < -0.3 is 4.74 Å². The van der Waals surface area contributed by atoms with Crippen LogP contribution in [0.2, 0.25) is 0 Å². The van der Waals surface area contributed by atoms with Crippen LogP contribution in [0.15, 0.2) is 15.7 Å². The lowest BCUT2D eigenvalue weighted by atomic mass is 10.3. The molecule has 0 spiro atoms. The normalized spacial score (nSPS) is 15.3. The molecule has 32 heavy (non-hydrogen) atoms. The molecule has 1 fully saturated rings. The predicted molar refractivity (Wildman–Crippen MR) is 123 cm³/mol. The smallest absolute Gasteiger partial charge is 0.332 e. The van der Waals surface area contributed by atoms with Gasteiger partial charge in [0.1, 0.15) is 0 Å². The van der Waals surface area contributed by atoms with Gasteiger partial charge in [-0.25, -0.2) is 9.48 Å². The molecule has 0 saturated carbocycles. The van der Waals surface area contributed by atoms with Crippen LogP contribution >= 0.6 is 0 Å². The Morgan fingerprint density at radius 2 is 1.81 bits per heavy atom. The van der Waals surface area contributed by atoms with Gasteiger partial charge in [-0.15, -0.1) is 0 Å². The van der Waals surface area contributed by atoms with E-state index in [2.05, 4.69) is 24.8 Å². The standard InChI is InChI=1S/C22H33N7O3/c1-6-16-14-17(7-2)29(24-16)21-23-19-18(28(21)15(3)4)20(30)27(22(31)25(19)5)9-8-26-10-12-32-13-11-26/h14-15H,6-13H2,1-5H3. The van der Waals surface area contributed by atoms with Crippen LogP contribution in [-0.4, -0.2) is 66.2 Å². The molecule has 0 unspecified atom stereocenters. The molecule has 0 bridgehead atoms. The topological polar surface area (TPSA) is 92.1 Å². The Morgan fingerprint density at radius 3 is 2.44 bits per heavy atom. The fourth-order valence-corrected chi connectivity index (χ4v) is 4.30. The molecule has 0 N–H and O–H groups in total. The first-order valence-corrected chi connectivity index (χ1v) is 11.5. The van der Waals surface area contributed by atoms with E-state index in [1.807, 2.05) is 23.1 Å². The molecule has 1 saturated heterocycles. The van der Waals surface area contributed by atoms with E-state index in [0.717, 1.165) is 37.3 Å². The molecule has 174 valence electrons. The van der Waals surface area contributed by atoms with Crippen LogP contribution in [0.5, 0.6) is 0 Å². The minimum Gasteiger partial charge on any atom is -0.379 e. The highest BCUT2D eigenvalue weighted by molar-refractivity contribution is 5.73. The van der Waals surface area contributed by atoms with Gasteiger partial charge in [-0.2, -0.15) is 10.1 Å². The summed E-state index contributed by atoms with van der Waals surface area (Å²) in [6.45, 7) is 12.1. The van der Waals surface area contributed by atoms with E-state index in [0.29, 0.717) is 43.4 Å². The molecule has 3 aromatic rings. The molecule has 0 aliphatic carbocycles. The number of nitrogens with zero attached hydrogens (tertiary/aromatic N) is 7. The fourth-order valence-electron chi connectivity index (χ4n) is 4.30. The number of aryl methyl sites for hydroxylation is 3. The molecule has 0 amide bonds. The Morgan fingerprint density at radius 1 is 1.09 bits per heavy atom. The van der Waals surface area contributed by atoms with E-state index in [1.165, 1.54) is 9.13 Å². The number of aromatic nitrogens is 6. The van der Waals surface area contributed by atoms with Crippen molar-refractivity contribution in [3.05, 3.63) is 38.3 Å². The molecular weight excluding hydrogens is 410 g/mol. The molecule has 0 aromatic carbocycles. The second-order valence-corrected chi connectivity index (χ2v) is 8.55. The minimum atomic E-state index is -0.346. The van der Waals surface area contributed by atoms with E-state index >= 15 is 0 Å². The predicted octanol–water partition coefficient (Wildman–Crippen LogP) is 1.12. The summed E-state index contributed by atoms with van der Waals surface area (Å²) in [6, 6.07) is 2.04. The lowest BCUT2D eigenvalue weighted by molar-refractivity contribution is 0.0361. The lowest BCUT2D eigenvalue weighted by Crippen LogP contribution is -2.44. The number of rotatable bonds is 7. The first kappa shape index (κ1) is 22.5. The third kappa shape index (κ3) is 3.81. The SMILES string of the molecule is CCc1cc(CC)n(-c2nc3c(c(=O)n(CCN4CCOCC4)c(=O)n3C)n2C(C)C)n1. The van der Waals surface area contributed by atoms with Gasteiger partial charge in [0.15, 0.2) is 11.2 Å². The third-order valence-electron chi connectivity index (χ3n) is 6.16. The molecule has 10 heteroatoms. The molecular formula is C22H33N7O3. The van der Waals surface area contributed by atoms with Crippen molar-refractivity contribution in [2.24, 2.45) is 7.05 Å². The van der Waals surface area contributed by atoms with Gasteiger partial charge in [0.25, 0.3) is 5.56 Å². The molecule has 4 rings (SSSR count). The maximum Gasteiger partial charge on any atom is 0.332 e. The van der Waals surface area contributed by atoms with Gasteiger partial charge in [0.2, 0.25) is 5.95 Å². The van der Waals surface area contributed by atoms with Crippen molar-refractivity contribution in [2.75, 3.05) is 32.8 Å². The Bertz CT molecular complexity index is 1230. The van der Waals surface area contributed by atoms with Crippen LogP contribution in [0.4, 0.5) is 0 Å². The van der Waals surface area contributed by atoms with E-state index < -0.39 is 0 Å². The molecule has 3 aromatic heterocycles. The highest BCUT2D eigenvalue weighted by Gasteiger charge is 2.24. The largest absolute Gasteiger partial charge is 0.379 e. The summed E-state index contributed by atoms with van der Waals surface area (Å²) in [4.78, 5) is 33.6. The van der Waals surface area contributed by atoms with Crippen molar-refractivity contribution >= 4 is 11.2 Å². The molecule has 4 heterocycles. The summed E-state index contributed by atoms with van der Waals surface area (Å²) >= 11 is 0. The fraction of sp³-hybridized carbons (Fsp3) is 0.636. The molecule has 0 atom stereocenters. The highest BCUT2D eigenvalue weighted by atomic mass is 16.5. The Labute approximate surface area is 187 Å². The van der Waals surface area contributed by atoms with Crippen molar-refractivity contribution in [1.82, 2.24) is 33.4 Å². The molecule has 0 radical (unpaired) electrons. The van der Waals surface area contributed by atoms with Crippen LogP contribution in [0.3, 0.4) is 0 Å². The number of hydrogen-bond acceptors (Lipinski definition) is 6. The van der Waals surface area contributed by atoms with Crippen LogP contribution in [0.25, 0.3) is 17.1 Å². The van der Waals surface area contributed by atoms with Crippen LogP contribution < -0.4 is 11.2 Å². The van der Waals surface area contributed by atoms with Crippen molar-refractivity contribution in [2.45, 2.75) is 53.1 Å². The average molecular weight is 444 g/mol. The Hall–Kier alpha value is -2.72. The first-order chi connectivity index (χ1) is 15.4. The van der Waals surface area contributed by atoms with Gasteiger partial charge in [-0.1, -0.05) is 13.8 Å². The number of imidazole rings is 1. The van der Waals surface area contributed by atoms with E-state index in [-0.39, 0.29) is 17.3 Å². The van der Waals surface area contributed by atoms with Gasteiger partial charge >= 0.3 is 5.69 Å². The summed E-state index contributed by atoms with van der Waals surface area (Å²) in [5, 5.41) is 4.73. The van der Waals surface area contributed by atoms with Crippen molar-refractivity contribution in [1.29, 1.82) is 0 Å². The van der Waals surface area contributed by atoms with Crippen LogP contribution in [0.1, 0.15) is 45.1 Å². The zero-order valence-corrected chi connectivity index (χ0v) is 19.7. The molecule has 10 nitrogen and oxygen atoms in total. The molecule has 1 aliphatic rings. The highest BCUT2D eigenvalue weighted by Crippen LogP contribution is 2.22. The zero-order chi connectivity index (χ0) is 23.0. The summed E-state index contributed by atoms with van der Waals surface area (Å²) < 4.78 is 11.9. The average Bonchev–Trinajstić information content (AvgIpc) is 3.40. The molecule has 1 aliphatic heterocycles. The number of hydrogen-bond donors (Lipinski definition) is 0. The first-order valence-electron chi connectivity index (χ1n) is 11.5. The number of ether oxygens (including phenoxy) is 1. The zero-order valence-electron chi connectivity index (χ0n) is 19.7. The quantitative estimate of drug-likeness (QED) is 0.543. The van der Waals surface area contributed by atoms with Crippen molar-refractivity contribution in [3.63, 3.8) is 0 Å². The monoisotopic (exact) mass is 443 g/mol. The van der Waals surface area contributed by atoms with E-state index in [9.17, 15) is 9.59 Å². The van der Waals surface area contributed by atoms with Gasteiger partial charge in [-0.05, 0) is 32.8 Å². The number of fused-ring (bicyclic) bond motifs is 1. The van der Waals surface area contributed by atoms with Crippen molar-refractivity contribution in [3.8, 4) is 5.95 Å².